The molecule has 0 N–H and O–H groups in total. The highest BCUT2D eigenvalue weighted by atomic mass is 16.5. The van der Waals surface area contributed by atoms with Crippen molar-refractivity contribution in [1.82, 2.24) is 0 Å². The standard InChI is InChI=1S/C17H26O3/c1-6-7-13(4)15-11-14(19-5)8-9-16(15)20-17(18)10-12(2)3/h8-9,11-13H,6-7,10H2,1-5H3/t13-/m1/s1. The van der Waals surface area contributed by atoms with Crippen molar-refractivity contribution < 1.29 is 14.3 Å². The first-order chi connectivity index (χ1) is 9.47. The Morgan fingerprint density at radius 3 is 2.50 bits per heavy atom. The Hall–Kier alpha value is -1.51. The summed E-state index contributed by atoms with van der Waals surface area (Å²) in [5.74, 6) is 1.94. The molecule has 0 bridgehead atoms. The molecule has 1 rings (SSSR count). The van der Waals surface area contributed by atoms with E-state index in [0.29, 0.717) is 24.0 Å². The zero-order valence-electron chi connectivity index (χ0n) is 13.2. The second kappa shape index (κ2) is 7.93. The molecule has 0 amide bonds. The second-order valence-corrected chi connectivity index (χ2v) is 5.67. The molecule has 0 saturated heterocycles. The van der Waals surface area contributed by atoms with Crippen molar-refractivity contribution in [2.75, 3.05) is 7.11 Å². The predicted molar refractivity (Wildman–Crippen MR) is 81.4 cm³/mol. The molecule has 0 fully saturated rings. The van der Waals surface area contributed by atoms with Gasteiger partial charge in [0.2, 0.25) is 0 Å². The van der Waals surface area contributed by atoms with Crippen molar-refractivity contribution in [3.8, 4) is 11.5 Å². The Labute approximate surface area is 122 Å². The zero-order valence-corrected chi connectivity index (χ0v) is 13.2. The summed E-state index contributed by atoms with van der Waals surface area (Å²) >= 11 is 0. The third kappa shape index (κ3) is 4.87. The molecular weight excluding hydrogens is 252 g/mol. The second-order valence-electron chi connectivity index (χ2n) is 5.67. The van der Waals surface area contributed by atoms with Crippen molar-refractivity contribution in [2.24, 2.45) is 5.92 Å². The van der Waals surface area contributed by atoms with Gasteiger partial charge in [0.1, 0.15) is 11.5 Å². The molecule has 0 unspecified atom stereocenters. The predicted octanol–water partition coefficient (Wildman–Crippen LogP) is 4.55. The number of carbonyl (C=O) groups excluding carboxylic acids is 1. The van der Waals surface area contributed by atoms with Gasteiger partial charge in [-0.15, -0.1) is 0 Å². The van der Waals surface area contributed by atoms with Crippen LogP contribution in [-0.4, -0.2) is 13.1 Å². The molecule has 112 valence electrons. The minimum atomic E-state index is -0.171. The zero-order chi connectivity index (χ0) is 15.1. The number of esters is 1. The third-order valence-electron chi connectivity index (χ3n) is 3.27. The molecule has 0 heterocycles. The fourth-order valence-corrected chi connectivity index (χ4v) is 2.22. The van der Waals surface area contributed by atoms with Crippen LogP contribution >= 0.6 is 0 Å². The smallest absolute Gasteiger partial charge is 0.311 e. The third-order valence-corrected chi connectivity index (χ3v) is 3.27. The van der Waals surface area contributed by atoms with Crippen molar-refractivity contribution >= 4 is 5.97 Å². The molecule has 0 aliphatic heterocycles. The monoisotopic (exact) mass is 278 g/mol. The fourth-order valence-electron chi connectivity index (χ4n) is 2.22. The van der Waals surface area contributed by atoms with Gasteiger partial charge in [-0.05, 0) is 36.5 Å². The highest BCUT2D eigenvalue weighted by Crippen LogP contribution is 2.33. The van der Waals surface area contributed by atoms with Gasteiger partial charge in [0, 0.05) is 12.0 Å². The Balaban J connectivity index is 2.96. The average molecular weight is 278 g/mol. The lowest BCUT2D eigenvalue weighted by molar-refractivity contribution is -0.135. The summed E-state index contributed by atoms with van der Waals surface area (Å²) in [6.45, 7) is 8.32. The van der Waals surface area contributed by atoms with Crippen molar-refractivity contribution in [3.63, 3.8) is 0 Å². The first kappa shape index (κ1) is 16.5. The molecular formula is C17H26O3. The maximum atomic E-state index is 11.9. The molecule has 20 heavy (non-hydrogen) atoms. The van der Waals surface area contributed by atoms with Crippen LogP contribution in [0.2, 0.25) is 0 Å². The number of carbonyl (C=O) groups is 1. The highest BCUT2D eigenvalue weighted by Gasteiger charge is 2.16. The topological polar surface area (TPSA) is 35.5 Å². The van der Waals surface area contributed by atoms with Crippen LogP contribution < -0.4 is 9.47 Å². The highest BCUT2D eigenvalue weighted by molar-refractivity contribution is 5.73. The van der Waals surface area contributed by atoms with E-state index in [4.69, 9.17) is 9.47 Å². The Morgan fingerprint density at radius 2 is 1.95 bits per heavy atom. The molecule has 3 nitrogen and oxygen atoms in total. The SMILES string of the molecule is CCC[C@@H](C)c1cc(OC)ccc1OC(=O)CC(C)C. The normalized spacial score (nSPS) is 12.3. The molecule has 0 radical (unpaired) electrons. The summed E-state index contributed by atoms with van der Waals surface area (Å²) in [6, 6.07) is 5.64. The lowest BCUT2D eigenvalue weighted by Gasteiger charge is -2.17. The maximum Gasteiger partial charge on any atom is 0.311 e. The molecule has 0 aliphatic carbocycles. The van der Waals surface area contributed by atoms with Gasteiger partial charge < -0.3 is 9.47 Å². The van der Waals surface area contributed by atoms with E-state index in [1.165, 1.54) is 0 Å². The van der Waals surface area contributed by atoms with Crippen molar-refractivity contribution in [2.45, 2.75) is 52.9 Å². The van der Waals surface area contributed by atoms with Gasteiger partial charge in [-0.25, -0.2) is 0 Å². The fraction of sp³-hybridized carbons (Fsp3) is 0.588. The molecule has 0 aromatic heterocycles. The number of hydrogen-bond acceptors (Lipinski definition) is 3. The van der Waals surface area contributed by atoms with Gasteiger partial charge in [-0.2, -0.15) is 0 Å². The van der Waals surface area contributed by atoms with Gasteiger partial charge in [0.05, 0.1) is 7.11 Å². The molecule has 0 aliphatic rings. The molecule has 0 saturated carbocycles. The van der Waals surface area contributed by atoms with Crippen LogP contribution in [0.3, 0.4) is 0 Å². The lowest BCUT2D eigenvalue weighted by Crippen LogP contribution is -2.12. The average Bonchev–Trinajstić information content (AvgIpc) is 2.38. The minimum Gasteiger partial charge on any atom is -0.497 e. The number of methoxy groups -OCH3 is 1. The largest absolute Gasteiger partial charge is 0.497 e. The van der Waals surface area contributed by atoms with Crippen LogP contribution in [0, 0.1) is 5.92 Å². The maximum absolute atomic E-state index is 11.9. The molecule has 1 aromatic rings. The Morgan fingerprint density at radius 1 is 1.25 bits per heavy atom. The van der Waals surface area contributed by atoms with Crippen LogP contribution in [0.1, 0.15) is 58.4 Å². The van der Waals surface area contributed by atoms with Gasteiger partial charge in [0.15, 0.2) is 0 Å². The van der Waals surface area contributed by atoms with Gasteiger partial charge in [-0.1, -0.05) is 34.1 Å². The number of benzene rings is 1. The minimum absolute atomic E-state index is 0.171. The van der Waals surface area contributed by atoms with Gasteiger partial charge in [-0.3, -0.25) is 4.79 Å². The Kier molecular flexibility index (Phi) is 6.56. The van der Waals surface area contributed by atoms with E-state index in [9.17, 15) is 4.79 Å². The lowest BCUT2D eigenvalue weighted by atomic mass is 9.95. The number of hydrogen-bond donors (Lipinski definition) is 0. The van der Waals surface area contributed by atoms with E-state index in [0.717, 1.165) is 24.2 Å². The van der Waals surface area contributed by atoms with E-state index >= 15 is 0 Å². The van der Waals surface area contributed by atoms with E-state index < -0.39 is 0 Å². The van der Waals surface area contributed by atoms with Gasteiger partial charge in [0.25, 0.3) is 0 Å². The first-order valence-electron chi connectivity index (χ1n) is 7.36. The van der Waals surface area contributed by atoms with Crippen molar-refractivity contribution in [3.05, 3.63) is 23.8 Å². The summed E-state index contributed by atoms with van der Waals surface area (Å²) in [7, 11) is 1.65. The van der Waals surface area contributed by atoms with Crippen LogP contribution in [0.5, 0.6) is 11.5 Å². The summed E-state index contributed by atoms with van der Waals surface area (Å²) < 4.78 is 10.8. The van der Waals surface area contributed by atoms with E-state index in [-0.39, 0.29) is 5.97 Å². The molecule has 1 atom stereocenters. The molecule has 1 aromatic carbocycles. The number of ether oxygens (including phenoxy) is 2. The van der Waals surface area contributed by atoms with Crippen LogP contribution in [0.4, 0.5) is 0 Å². The molecule has 3 heteroatoms. The van der Waals surface area contributed by atoms with Crippen LogP contribution in [0.15, 0.2) is 18.2 Å². The van der Waals surface area contributed by atoms with Crippen molar-refractivity contribution in [1.29, 1.82) is 0 Å². The molecule has 0 spiro atoms. The van der Waals surface area contributed by atoms with Crippen LogP contribution in [0.25, 0.3) is 0 Å². The summed E-state index contributed by atoms with van der Waals surface area (Å²) in [5.41, 5.74) is 1.04. The van der Waals surface area contributed by atoms with E-state index in [1.54, 1.807) is 7.11 Å². The van der Waals surface area contributed by atoms with E-state index in [1.807, 2.05) is 32.0 Å². The summed E-state index contributed by atoms with van der Waals surface area (Å²) in [4.78, 5) is 11.9. The van der Waals surface area contributed by atoms with E-state index in [2.05, 4.69) is 13.8 Å². The summed E-state index contributed by atoms with van der Waals surface area (Å²) in [6.07, 6.45) is 2.59. The summed E-state index contributed by atoms with van der Waals surface area (Å²) in [5, 5.41) is 0. The van der Waals surface area contributed by atoms with Gasteiger partial charge >= 0.3 is 5.97 Å². The van der Waals surface area contributed by atoms with Crippen LogP contribution in [-0.2, 0) is 4.79 Å². The quantitative estimate of drug-likeness (QED) is 0.542. The number of rotatable bonds is 7. The first-order valence-corrected chi connectivity index (χ1v) is 7.36. The Bertz CT molecular complexity index is 438.